The van der Waals surface area contributed by atoms with Crippen molar-refractivity contribution in [3.8, 4) is 0 Å². The summed E-state index contributed by atoms with van der Waals surface area (Å²) >= 11 is 10.9. The van der Waals surface area contributed by atoms with E-state index in [0.29, 0.717) is 5.69 Å². The molecule has 0 unspecified atom stereocenters. The van der Waals surface area contributed by atoms with E-state index in [0.717, 1.165) is 0 Å². The normalized spacial score (nSPS) is 11.3. The number of aromatic amines is 1. The summed E-state index contributed by atoms with van der Waals surface area (Å²) < 4.78 is 26.3. The Balaban J connectivity index is 2.55. The monoisotopic (exact) mass is 314 g/mol. The first kappa shape index (κ1) is 14.0. The van der Waals surface area contributed by atoms with Crippen LogP contribution in [0.15, 0.2) is 47.6 Å². The molecule has 2 aromatic rings. The van der Waals surface area contributed by atoms with Gasteiger partial charge in [0.2, 0.25) is 0 Å². The Hall–Kier alpha value is -1.37. The first-order chi connectivity index (χ1) is 8.94. The average molecular weight is 315 g/mol. The number of anilines is 1. The van der Waals surface area contributed by atoms with Gasteiger partial charge in [0.05, 0.1) is 15.2 Å². The number of para-hydroxylation sites is 1. The summed E-state index contributed by atoms with van der Waals surface area (Å²) in [6, 6.07) is 8.75. The van der Waals surface area contributed by atoms with Crippen LogP contribution in [0.25, 0.3) is 0 Å². The molecule has 1 heterocycles. The van der Waals surface area contributed by atoms with Crippen LogP contribution in [0.2, 0.25) is 5.02 Å². The topological polar surface area (TPSA) is 53.2 Å². The Morgan fingerprint density at radius 3 is 2.47 bits per heavy atom. The molecule has 0 amide bonds. The van der Waals surface area contributed by atoms with Crippen molar-refractivity contribution in [1.29, 1.82) is 0 Å². The zero-order valence-electron chi connectivity index (χ0n) is 10.00. The number of nitrogens with zero attached hydrogens (tertiary/aromatic N) is 1. The molecule has 0 aliphatic rings. The minimum atomic E-state index is -3.73. The van der Waals surface area contributed by atoms with Crippen molar-refractivity contribution >= 4 is 39.5 Å². The molecule has 1 aromatic carbocycles. The third-order valence-corrected chi connectivity index (χ3v) is 5.41. The van der Waals surface area contributed by atoms with Crippen molar-refractivity contribution < 1.29 is 8.42 Å². The smallest absolute Gasteiger partial charge is 0.267 e. The number of halogens is 1. The lowest BCUT2D eigenvalue weighted by atomic mass is 10.3. The Morgan fingerprint density at radius 2 is 1.84 bits per heavy atom. The van der Waals surface area contributed by atoms with Gasteiger partial charge in [0, 0.05) is 19.4 Å². The summed E-state index contributed by atoms with van der Waals surface area (Å²) in [4.78, 5) is 2.67. The van der Waals surface area contributed by atoms with E-state index in [1.165, 1.54) is 23.7 Å². The van der Waals surface area contributed by atoms with Gasteiger partial charge in [-0.05, 0) is 12.1 Å². The van der Waals surface area contributed by atoms with Crippen molar-refractivity contribution in [3.63, 3.8) is 0 Å². The number of nitrogens with one attached hydrogen (secondary N) is 1. The van der Waals surface area contributed by atoms with Crippen LogP contribution < -0.4 is 4.31 Å². The molecule has 0 saturated heterocycles. The zero-order chi connectivity index (χ0) is 14.0. The van der Waals surface area contributed by atoms with E-state index in [4.69, 9.17) is 23.8 Å². The SMILES string of the molecule is CN(c1ccccc1)S(=O)(=O)c1c[nH]cc(Cl)c1=S. The molecule has 0 fully saturated rings. The standard InChI is InChI=1S/C12H11ClN2O2S2/c1-15(9-5-3-2-4-6-9)19(16,17)11-8-14-7-10(13)12(11)18/h2-8H,1H3,(H,14,18). The summed E-state index contributed by atoms with van der Waals surface area (Å²) in [6.45, 7) is 0. The van der Waals surface area contributed by atoms with E-state index in [1.54, 1.807) is 24.3 Å². The molecule has 0 atom stereocenters. The Labute approximate surface area is 121 Å². The van der Waals surface area contributed by atoms with Gasteiger partial charge in [-0.1, -0.05) is 42.0 Å². The van der Waals surface area contributed by atoms with E-state index in [9.17, 15) is 8.42 Å². The minimum absolute atomic E-state index is 0.0126. The van der Waals surface area contributed by atoms with Gasteiger partial charge in [0.15, 0.2) is 0 Å². The van der Waals surface area contributed by atoms with Crippen molar-refractivity contribution in [2.75, 3.05) is 11.4 Å². The Kier molecular flexibility index (Phi) is 3.93. The van der Waals surface area contributed by atoms with Crippen molar-refractivity contribution in [2.24, 2.45) is 0 Å². The lowest BCUT2D eigenvalue weighted by Gasteiger charge is -2.19. The van der Waals surface area contributed by atoms with Crippen LogP contribution in [0.4, 0.5) is 5.69 Å². The van der Waals surface area contributed by atoms with Crippen LogP contribution in [-0.4, -0.2) is 20.4 Å². The van der Waals surface area contributed by atoms with E-state index < -0.39 is 10.0 Å². The second kappa shape index (κ2) is 5.32. The molecule has 19 heavy (non-hydrogen) atoms. The molecule has 100 valence electrons. The molecule has 1 N–H and O–H groups in total. The van der Waals surface area contributed by atoms with E-state index in [1.807, 2.05) is 6.07 Å². The Bertz CT molecular complexity index is 742. The molecule has 7 heteroatoms. The van der Waals surface area contributed by atoms with E-state index in [2.05, 4.69) is 4.98 Å². The highest BCUT2D eigenvalue weighted by Crippen LogP contribution is 2.24. The second-order valence-electron chi connectivity index (χ2n) is 3.80. The maximum atomic E-state index is 12.5. The number of aromatic nitrogens is 1. The molecule has 0 radical (unpaired) electrons. The number of hydrogen-bond donors (Lipinski definition) is 1. The number of benzene rings is 1. The molecule has 1 aromatic heterocycles. The minimum Gasteiger partial charge on any atom is -0.365 e. The highest BCUT2D eigenvalue weighted by Gasteiger charge is 2.23. The fourth-order valence-corrected chi connectivity index (χ4v) is 3.47. The van der Waals surface area contributed by atoms with E-state index in [-0.39, 0.29) is 14.4 Å². The van der Waals surface area contributed by atoms with Crippen LogP contribution in [0.1, 0.15) is 0 Å². The lowest BCUT2D eigenvalue weighted by Crippen LogP contribution is -2.26. The molecular formula is C12H11ClN2O2S2. The van der Waals surface area contributed by atoms with Gasteiger partial charge in [-0.3, -0.25) is 4.31 Å². The van der Waals surface area contributed by atoms with Gasteiger partial charge in [-0.15, -0.1) is 0 Å². The molecule has 0 aliphatic heterocycles. The summed E-state index contributed by atoms with van der Waals surface area (Å²) in [6.07, 6.45) is 2.79. The quantitative estimate of drug-likeness (QED) is 0.885. The predicted molar refractivity (Wildman–Crippen MR) is 78.7 cm³/mol. The largest absolute Gasteiger partial charge is 0.365 e. The van der Waals surface area contributed by atoms with Crippen LogP contribution in [0, 0.1) is 4.51 Å². The molecule has 4 nitrogen and oxygen atoms in total. The molecule has 0 bridgehead atoms. The molecule has 2 rings (SSSR count). The average Bonchev–Trinajstić information content (AvgIpc) is 2.41. The van der Waals surface area contributed by atoms with E-state index >= 15 is 0 Å². The number of H-pyrrole nitrogens is 1. The first-order valence-corrected chi connectivity index (χ1v) is 7.58. The van der Waals surface area contributed by atoms with Crippen LogP contribution in [-0.2, 0) is 10.0 Å². The Morgan fingerprint density at radius 1 is 1.21 bits per heavy atom. The molecule has 0 aliphatic carbocycles. The van der Waals surface area contributed by atoms with Crippen LogP contribution in [0.5, 0.6) is 0 Å². The van der Waals surface area contributed by atoms with Crippen LogP contribution in [0.3, 0.4) is 0 Å². The fourth-order valence-electron chi connectivity index (χ4n) is 1.56. The second-order valence-corrected chi connectivity index (χ2v) is 6.56. The molecule has 0 spiro atoms. The van der Waals surface area contributed by atoms with Gasteiger partial charge >= 0.3 is 0 Å². The highest BCUT2D eigenvalue weighted by molar-refractivity contribution is 7.93. The van der Waals surface area contributed by atoms with Gasteiger partial charge in [0.1, 0.15) is 4.90 Å². The number of sulfonamides is 1. The lowest BCUT2D eigenvalue weighted by molar-refractivity contribution is 0.593. The number of rotatable bonds is 3. The van der Waals surface area contributed by atoms with Crippen molar-refractivity contribution in [3.05, 3.63) is 52.3 Å². The maximum absolute atomic E-state index is 12.5. The summed E-state index contributed by atoms with van der Waals surface area (Å²) in [7, 11) is -2.26. The van der Waals surface area contributed by atoms with Gasteiger partial charge in [-0.25, -0.2) is 8.42 Å². The first-order valence-electron chi connectivity index (χ1n) is 5.35. The number of pyridine rings is 1. The van der Waals surface area contributed by atoms with Gasteiger partial charge < -0.3 is 4.98 Å². The summed E-state index contributed by atoms with van der Waals surface area (Å²) in [5.74, 6) is 0. The fraction of sp³-hybridized carbons (Fsp3) is 0.0833. The molecule has 0 saturated carbocycles. The summed E-state index contributed by atoms with van der Waals surface area (Å²) in [5, 5.41) is 0.206. The van der Waals surface area contributed by atoms with Gasteiger partial charge in [-0.2, -0.15) is 0 Å². The summed E-state index contributed by atoms with van der Waals surface area (Å²) in [5.41, 5.74) is 0.553. The highest BCUT2D eigenvalue weighted by atomic mass is 35.5. The molecular weight excluding hydrogens is 304 g/mol. The van der Waals surface area contributed by atoms with Crippen molar-refractivity contribution in [2.45, 2.75) is 4.90 Å². The predicted octanol–water partition coefficient (Wildman–Crippen LogP) is 3.22. The van der Waals surface area contributed by atoms with Crippen molar-refractivity contribution in [1.82, 2.24) is 4.98 Å². The van der Waals surface area contributed by atoms with Crippen LogP contribution >= 0.6 is 23.8 Å². The maximum Gasteiger partial charge on any atom is 0.267 e. The number of hydrogen-bond acceptors (Lipinski definition) is 3. The zero-order valence-corrected chi connectivity index (χ0v) is 12.4. The third-order valence-electron chi connectivity index (χ3n) is 2.62. The third kappa shape index (κ3) is 2.65. The van der Waals surface area contributed by atoms with Gasteiger partial charge in [0.25, 0.3) is 10.0 Å².